The molecule has 4 rings (SSSR count). The molecule has 4 aromatic rings. The fourth-order valence-electron chi connectivity index (χ4n) is 3.21. The van der Waals surface area contributed by atoms with E-state index in [2.05, 4.69) is 26.1 Å². The Labute approximate surface area is 213 Å². The molecule has 0 fully saturated rings. The number of carbonyl (C=O) groups is 1. The van der Waals surface area contributed by atoms with E-state index in [0.29, 0.717) is 22.0 Å². The normalized spacial score (nSPS) is 10.9. The Hall–Kier alpha value is -4.20. The van der Waals surface area contributed by atoms with E-state index in [0.717, 1.165) is 11.3 Å². The lowest BCUT2D eigenvalue weighted by molar-refractivity contribution is -0.115. The van der Waals surface area contributed by atoms with Crippen LogP contribution < -0.4 is 10.0 Å². The molecule has 2 aromatic heterocycles. The SMILES string of the molecule is N#Cc1ccc(-c2ccccc2)nc1SCCC(=O)Nc1ccc(S(=O)(=O)Nc2ccccn2)cc1. The fraction of sp³-hybridized carbons (Fsp3) is 0.0769. The zero-order chi connectivity index (χ0) is 25.4. The Morgan fingerprint density at radius 2 is 1.69 bits per heavy atom. The van der Waals surface area contributed by atoms with Gasteiger partial charge in [0.15, 0.2) is 0 Å². The second-order valence-electron chi connectivity index (χ2n) is 7.52. The molecule has 10 heteroatoms. The van der Waals surface area contributed by atoms with Crippen molar-refractivity contribution in [3.63, 3.8) is 0 Å². The molecule has 2 heterocycles. The van der Waals surface area contributed by atoms with Crippen LogP contribution in [-0.4, -0.2) is 30.0 Å². The molecule has 0 aliphatic carbocycles. The number of hydrogen-bond acceptors (Lipinski definition) is 7. The van der Waals surface area contributed by atoms with Gasteiger partial charge in [0, 0.05) is 29.6 Å². The van der Waals surface area contributed by atoms with Gasteiger partial charge in [-0.2, -0.15) is 5.26 Å². The summed E-state index contributed by atoms with van der Waals surface area (Å²) >= 11 is 1.34. The number of aromatic nitrogens is 2. The molecule has 0 saturated heterocycles. The summed E-state index contributed by atoms with van der Waals surface area (Å²) in [5, 5.41) is 12.7. The van der Waals surface area contributed by atoms with Crippen LogP contribution in [0.25, 0.3) is 11.3 Å². The molecule has 0 atom stereocenters. The van der Waals surface area contributed by atoms with Crippen molar-refractivity contribution >= 4 is 39.2 Å². The second kappa shape index (κ2) is 11.5. The predicted molar refractivity (Wildman–Crippen MR) is 140 cm³/mol. The highest BCUT2D eigenvalue weighted by Crippen LogP contribution is 2.26. The van der Waals surface area contributed by atoms with Crippen molar-refractivity contribution in [3.05, 3.63) is 96.7 Å². The van der Waals surface area contributed by atoms with Crippen molar-refractivity contribution in [2.45, 2.75) is 16.3 Å². The molecule has 180 valence electrons. The van der Waals surface area contributed by atoms with Crippen molar-refractivity contribution in [1.29, 1.82) is 5.26 Å². The van der Waals surface area contributed by atoms with Gasteiger partial charge in [-0.15, -0.1) is 11.8 Å². The van der Waals surface area contributed by atoms with Gasteiger partial charge in [0.25, 0.3) is 10.0 Å². The smallest absolute Gasteiger partial charge is 0.263 e. The highest BCUT2D eigenvalue weighted by molar-refractivity contribution is 7.99. The topological polar surface area (TPSA) is 125 Å². The summed E-state index contributed by atoms with van der Waals surface area (Å²) in [7, 11) is -3.80. The third kappa shape index (κ3) is 6.47. The first kappa shape index (κ1) is 24.9. The van der Waals surface area contributed by atoms with Crippen LogP contribution in [0.2, 0.25) is 0 Å². The highest BCUT2D eigenvalue weighted by Gasteiger charge is 2.15. The number of hydrogen-bond donors (Lipinski definition) is 2. The Morgan fingerprint density at radius 1 is 0.944 bits per heavy atom. The van der Waals surface area contributed by atoms with E-state index in [1.165, 1.54) is 42.2 Å². The zero-order valence-corrected chi connectivity index (χ0v) is 20.6. The molecule has 1 amide bonds. The molecule has 8 nitrogen and oxygen atoms in total. The molecule has 2 aromatic carbocycles. The first-order valence-corrected chi connectivity index (χ1v) is 13.3. The quantitative estimate of drug-likeness (QED) is 0.303. The molecule has 0 unspecified atom stereocenters. The first-order valence-electron chi connectivity index (χ1n) is 10.9. The molecule has 36 heavy (non-hydrogen) atoms. The zero-order valence-electron chi connectivity index (χ0n) is 19.0. The van der Waals surface area contributed by atoms with Crippen molar-refractivity contribution in [3.8, 4) is 17.3 Å². The summed E-state index contributed by atoms with van der Waals surface area (Å²) < 4.78 is 27.4. The number of nitrogens with zero attached hydrogens (tertiary/aromatic N) is 3. The van der Waals surface area contributed by atoms with Gasteiger partial charge in [-0.3, -0.25) is 9.52 Å². The lowest BCUT2D eigenvalue weighted by Gasteiger charge is -2.09. The predicted octanol–water partition coefficient (Wildman–Crippen LogP) is 4.94. The maximum absolute atomic E-state index is 12.5. The number of benzene rings is 2. The highest BCUT2D eigenvalue weighted by atomic mass is 32.2. The number of anilines is 2. The maximum Gasteiger partial charge on any atom is 0.263 e. The van der Waals surface area contributed by atoms with Gasteiger partial charge in [0.05, 0.1) is 16.2 Å². The molecule has 0 spiro atoms. The molecular weight excluding hydrogens is 494 g/mol. The number of nitriles is 1. The Morgan fingerprint density at radius 3 is 2.39 bits per heavy atom. The number of pyridine rings is 2. The summed E-state index contributed by atoms with van der Waals surface area (Å²) in [4.78, 5) is 21.0. The van der Waals surface area contributed by atoms with Crippen molar-refractivity contribution in [2.24, 2.45) is 0 Å². The van der Waals surface area contributed by atoms with E-state index in [-0.39, 0.29) is 23.0 Å². The minimum atomic E-state index is -3.80. The van der Waals surface area contributed by atoms with E-state index >= 15 is 0 Å². The number of thioether (sulfide) groups is 1. The third-order valence-electron chi connectivity index (χ3n) is 4.97. The largest absolute Gasteiger partial charge is 0.326 e. The first-order chi connectivity index (χ1) is 17.4. The summed E-state index contributed by atoms with van der Waals surface area (Å²) in [5.74, 6) is 0.407. The number of sulfonamides is 1. The van der Waals surface area contributed by atoms with E-state index in [1.807, 2.05) is 30.3 Å². The van der Waals surface area contributed by atoms with E-state index in [4.69, 9.17) is 0 Å². The van der Waals surface area contributed by atoms with Crippen molar-refractivity contribution in [2.75, 3.05) is 15.8 Å². The van der Waals surface area contributed by atoms with Crippen LogP contribution in [0.4, 0.5) is 11.5 Å². The van der Waals surface area contributed by atoms with Crippen LogP contribution in [0.5, 0.6) is 0 Å². The Kier molecular flexibility index (Phi) is 7.95. The maximum atomic E-state index is 12.5. The monoisotopic (exact) mass is 515 g/mol. The number of rotatable bonds is 9. The molecule has 0 radical (unpaired) electrons. The van der Waals surface area contributed by atoms with Crippen molar-refractivity contribution in [1.82, 2.24) is 9.97 Å². The Balaban J connectivity index is 1.33. The molecule has 0 saturated carbocycles. The molecule has 2 N–H and O–H groups in total. The lowest BCUT2D eigenvalue weighted by atomic mass is 10.1. The standard InChI is InChI=1S/C26H21N5O3S2/c27-18-20-9-14-23(19-6-2-1-3-7-19)30-26(20)35-17-15-25(32)29-21-10-12-22(13-11-21)36(33,34)31-24-8-4-5-16-28-24/h1-14,16H,15,17H2,(H,28,31)(H,29,32). The third-order valence-corrected chi connectivity index (χ3v) is 7.33. The van der Waals surface area contributed by atoms with Gasteiger partial charge in [0.1, 0.15) is 16.9 Å². The van der Waals surface area contributed by atoms with Crippen LogP contribution in [0, 0.1) is 11.3 Å². The molecule has 0 aliphatic rings. The van der Waals surface area contributed by atoms with Crippen LogP contribution in [0.1, 0.15) is 12.0 Å². The van der Waals surface area contributed by atoms with Crippen LogP contribution in [-0.2, 0) is 14.8 Å². The Bertz CT molecular complexity index is 1490. The van der Waals surface area contributed by atoms with Gasteiger partial charge in [-0.05, 0) is 48.5 Å². The molecular formula is C26H21N5O3S2. The number of amides is 1. The van der Waals surface area contributed by atoms with Gasteiger partial charge in [0.2, 0.25) is 5.91 Å². The average Bonchev–Trinajstić information content (AvgIpc) is 2.90. The minimum absolute atomic E-state index is 0.0510. The van der Waals surface area contributed by atoms with Crippen LogP contribution in [0.15, 0.2) is 101 Å². The minimum Gasteiger partial charge on any atom is -0.326 e. The summed E-state index contributed by atoms with van der Waals surface area (Å²) in [6.07, 6.45) is 1.68. The number of carbonyl (C=O) groups excluding carboxylic acids is 1. The second-order valence-corrected chi connectivity index (χ2v) is 10.3. The van der Waals surface area contributed by atoms with E-state index in [1.54, 1.807) is 30.3 Å². The van der Waals surface area contributed by atoms with Gasteiger partial charge in [-0.1, -0.05) is 36.4 Å². The fourth-order valence-corrected chi connectivity index (χ4v) is 5.13. The lowest BCUT2D eigenvalue weighted by Crippen LogP contribution is -2.15. The van der Waals surface area contributed by atoms with Gasteiger partial charge >= 0.3 is 0 Å². The summed E-state index contributed by atoms with van der Waals surface area (Å²) in [5.41, 5.74) is 2.64. The van der Waals surface area contributed by atoms with Crippen molar-refractivity contribution < 1.29 is 13.2 Å². The number of nitrogens with one attached hydrogen (secondary N) is 2. The van der Waals surface area contributed by atoms with Gasteiger partial charge < -0.3 is 5.32 Å². The average molecular weight is 516 g/mol. The van der Waals surface area contributed by atoms with Gasteiger partial charge in [-0.25, -0.2) is 18.4 Å². The van der Waals surface area contributed by atoms with Crippen LogP contribution in [0.3, 0.4) is 0 Å². The summed E-state index contributed by atoms with van der Waals surface area (Å²) in [6.45, 7) is 0. The van der Waals surface area contributed by atoms with E-state index in [9.17, 15) is 18.5 Å². The summed E-state index contributed by atoms with van der Waals surface area (Å²) in [6, 6.07) is 26.1. The van der Waals surface area contributed by atoms with Crippen LogP contribution >= 0.6 is 11.8 Å². The molecule has 0 aliphatic heterocycles. The molecule has 0 bridgehead atoms. The van der Waals surface area contributed by atoms with E-state index < -0.39 is 10.0 Å².